The van der Waals surface area contributed by atoms with Crippen molar-refractivity contribution in [2.45, 2.75) is 63.5 Å². The number of fused-ring (bicyclic) bond motifs is 1. The van der Waals surface area contributed by atoms with Crippen molar-refractivity contribution in [2.24, 2.45) is 0 Å². The van der Waals surface area contributed by atoms with Crippen molar-refractivity contribution in [3.8, 4) is 5.75 Å². The van der Waals surface area contributed by atoms with E-state index in [0.29, 0.717) is 42.0 Å². The highest BCUT2D eigenvalue weighted by Gasteiger charge is 2.32. The Balaban J connectivity index is 1.38. The maximum Gasteiger partial charge on any atom is 0.251 e. The van der Waals surface area contributed by atoms with Crippen LogP contribution in [0.1, 0.15) is 61.7 Å². The van der Waals surface area contributed by atoms with Gasteiger partial charge in [0, 0.05) is 37.7 Å². The van der Waals surface area contributed by atoms with E-state index in [9.17, 15) is 9.59 Å². The predicted molar refractivity (Wildman–Crippen MR) is 149 cm³/mol. The summed E-state index contributed by atoms with van der Waals surface area (Å²) in [7, 11) is 5.52. The number of nitrogens with zero attached hydrogens (tertiary/aromatic N) is 5. The van der Waals surface area contributed by atoms with Gasteiger partial charge in [-0.3, -0.25) is 9.59 Å². The molecule has 1 aromatic carbocycles. The largest absolute Gasteiger partial charge is 0.495 e. The fraction of sp³-hybridized carbons (Fsp3) is 0.571. The van der Waals surface area contributed by atoms with Crippen LogP contribution in [0.2, 0.25) is 0 Å². The third-order valence-electron chi connectivity index (χ3n) is 8.10. The van der Waals surface area contributed by atoms with Gasteiger partial charge in [-0.25, -0.2) is 4.98 Å². The molecule has 1 saturated heterocycles. The average Bonchev–Trinajstić information content (AvgIpc) is 3.06. The maximum atomic E-state index is 12.9. The van der Waals surface area contributed by atoms with Crippen LogP contribution in [0.4, 0.5) is 23.1 Å². The van der Waals surface area contributed by atoms with Crippen LogP contribution < -0.4 is 25.2 Å². The van der Waals surface area contributed by atoms with Crippen molar-refractivity contribution in [1.82, 2.24) is 20.2 Å². The number of anilines is 4. The third kappa shape index (κ3) is 5.70. The summed E-state index contributed by atoms with van der Waals surface area (Å²) < 4.78 is 5.62. The number of likely N-dealkylation sites (tertiary alicyclic amines) is 1. The smallest absolute Gasteiger partial charge is 0.251 e. The topological polar surface area (TPSA) is 103 Å². The molecular weight excluding hydrogens is 482 g/mol. The summed E-state index contributed by atoms with van der Waals surface area (Å²) >= 11 is 0. The highest BCUT2D eigenvalue weighted by molar-refractivity contribution is 5.97. The Labute approximate surface area is 224 Å². The Morgan fingerprint density at radius 1 is 1.05 bits per heavy atom. The summed E-state index contributed by atoms with van der Waals surface area (Å²) in [5, 5.41) is 6.44. The minimum atomic E-state index is -0.0792. The first-order valence-electron chi connectivity index (χ1n) is 13.8. The normalized spacial score (nSPS) is 19.6. The van der Waals surface area contributed by atoms with Crippen molar-refractivity contribution in [2.75, 3.05) is 56.0 Å². The van der Waals surface area contributed by atoms with Gasteiger partial charge in [-0.05, 0) is 64.0 Å². The van der Waals surface area contributed by atoms with Gasteiger partial charge in [0.2, 0.25) is 11.9 Å². The molecule has 1 saturated carbocycles. The number of benzene rings is 1. The zero-order chi connectivity index (χ0) is 26.6. The molecule has 2 aliphatic heterocycles. The molecule has 2 N–H and O–H groups in total. The van der Waals surface area contributed by atoms with Gasteiger partial charge in [0.05, 0.1) is 19.0 Å². The molecule has 5 rings (SSSR count). The summed E-state index contributed by atoms with van der Waals surface area (Å²) in [6.07, 6.45) is 9.86. The SMILES string of the molecule is COc1cc(C(=O)NC2CCCCC2)ccc1Nc1ncc2c(n1)N(C1CCN(C)CC1)CCC(=O)N2C. The summed E-state index contributed by atoms with van der Waals surface area (Å²) in [4.78, 5) is 41.3. The number of amides is 2. The van der Waals surface area contributed by atoms with E-state index in [1.807, 2.05) is 6.07 Å². The molecule has 3 heterocycles. The van der Waals surface area contributed by atoms with E-state index in [0.717, 1.165) is 63.1 Å². The lowest BCUT2D eigenvalue weighted by Gasteiger charge is -2.38. The number of methoxy groups -OCH3 is 1. The van der Waals surface area contributed by atoms with Crippen molar-refractivity contribution in [3.05, 3.63) is 30.0 Å². The summed E-state index contributed by atoms with van der Waals surface area (Å²) in [5.41, 5.74) is 1.96. The Bertz CT molecular complexity index is 1160. The van der Waals surface area contributed by atoms with Crippen LogP contribution in [0.25, 0.3) is 0 Å². The van der Waals surface area contributed by atoms with Gasteiger partial charge < -0.3 is 30.1 Å². The average molecular weight is 522 g/mol. The monoisotopic (exact) mass is 521 g/mol. The highest BCUT2D eigenvalue weighted by atomic mass is 16.5. The summed E-state index contributed by atoms with van der Waals surface area (Å²) in [6.45, 7) is 2.68. The minimum absolute atomic E-state index is 0.0646. The molecule has 38 heavy (non-hydrogen) atoms. The molecule has 10 nitrogen and oxygen atoms in total. The molecule has 0 bridgehead atoms. The number of rotatable bonds is 6. The molecule has 1 aromatic heterocycles. The van der Waals surface area contributed by atoms with E-state index >= 15 is 0 Å². The second-order valence-electron chi connectivity index (χ2n) is 10.7. The summed E-state index contributed by atoms with van der Waals surface area (Å²) in [5.74, 6) is 1.72. The molecule has 2 aromatic rings. The fourth-order valence-corrected chi connectivity index (χ4v) is 5.73. The van der Waals surface area contributed by atoms with E-state index in [-0.39, 0.29) is 17.9 Å². The van der Waals surface area contributed by atoms with Crippen LogP contribution in [0.15, 0.2) is 24.4 Å². The van der Waals surface area contributed by atoms with Gasteiger partial charge in [0.25, 0.3) is 5.91 Å². The first kappa shape index (κ1) is 26.2. The predicted octanol–water partition coefficient (Wildman–Crippen LogP) is 3.56. The molecule has 0 spiro atoms. The fourth-order valence-electron chi connectivity index (χ4n) is 5.73. The van der Waals surface area contributed by atoms with Crippen LogP contribution in [0.5, 0.6) is 5.75 Å². The Hall–Kier alpha value is -3.40. The van der Waals surface area contributed by atoms with Crippen molar-refractivity contribution < 1.29 is 14.3 Å². The molecule has 3 aliphatic rings. The highest BCUT2D eigenvalue weighted by Crippen LogP contribution is 2.35. The van der Waals surface area contributed by atoms with Crippen LogP contribution in [0, 0.1) is 0 Å². The molecule has 0 radical (unpaired) electrons. The number of hydrogen-bond donors (Lipinski definition) is 2. The molecule has 10 heteroatoms. The van der Waals surface area contributed by atoms with Crippen LogP contribution in [0.3, 0.4) is 0 Å². The lowest BCUT2D eigenvalue weighted by atomic mass is 9.95. The van der Waals surface area contributed by atoms with Crippen LogP contribution in [-0.4, -0.2) is 79.6 Å². The van der Waals surface area contributed by atoms with Crippen LogP contribution >= 0.6 is 0 Å². The van der Waals surface area contributed by atoms with E-state index in [2.05, 4.69) is 32.5 Å². The number of ether oxygens (including phenoxy) is 1. The first-order chi connectivity index (χ1) is 18.4. The minimum Gasteiger partial charge on any atom is -0.495 e. The van der Waals surface area contributed by atoms with Crippen molar-refractivity contribution >= 4 is 35.0 Å². The number of aromatic nitrogens is 2. The maximum absolute atomic E-state index is 12.9. The molecular formula is C28H39N7O3. The molecule has 2 fully saturated rings. The lowest BCUT2D eigenvalue weighted by molar-refractivity contribution is -0.118. The summed E-state index contributed by atoms with van der Waals surface area (Å²) in [6, 6.07) is 5.94. The first-order valence-corrected chi connectivity index (χ1v) is 13.8. The van der Waals surface area contributed by atoms with E-state index in [4.69, 9.17) is 9.72 Å². The number of piperidine rings is 1. The van der Waals surface area contributed by atoms with Gasteiger partial charge in [-0.15, -0.1) is 0 Å². The Kier molecular flexibility index (Phi) is 7.97. The van der Waals surface area contributed by atoms with E-state index < -0.39 is 0 Å². The van der Waals surface area contributed by atoms with Gasteiger partial charge in [-0.2, -0.15) is 4.98 Å². The number of carbonyl (C=O) groups excluding carboxylic acids is 2. The molecule has 204 valence electrons. The molecule has 2 amide bonds. The zero-order valence-corrected chi connectivity index (χ0v) is 22.7. The number of nitrogens with one attached hydrogen (secondary N) is 2. The standard InChI is InChI=1S/C28H39N7O3/c1-33-14-11-21(12-15-33)35-16-13-25(36)34(2)23-18-29-28(32-26(23)35)31-22-10-9-19(17-24(22)38-3)27(37)30-20-7-5-4-6-8-20/h9-10,17-18,20-21H,4-8,11-16H2,1-3H3,(H,30,37)(H,29,31,32). The number of carbonyl (C=O) groups is 2. The third-order valence-corrected chi connectivity index (χ3v) is 8.10. The van der Waals surface area contributed by atoms with E-state index in [1.54, 1.807) is 37.4 Å². The van der Waals surface area contributed by atoms with Crippen molar-refractivity contribution in [1.29, 1.82) is 0 Å². The Morgan fingerprint density at radius 2 is 1.82 bits per heavy atom. The van der Waals surface area contributed by atoms with Gasteiger partial charge in [0.1, 0.15) is 11.4 Å². The molecule has 0 unspecified atom stereocenters. The lowest BCUT2D eigenvalue weighted by Crippen LogP contribution is -2.44. The second-order valence-corrected chi connectivity index (χ2v) is 10.7. The number of hydrogen-bond acceptors (Lipinski definition) is 8. The zero-order valence-electron chi connectivity index (χ0n) is 22.7. The van der Waals surface area contributed by atoms with Crippen LogP contribution in [-0.2, 0) is 4.79 Å². The van der Waals surface area contributed by atoms with Gasteiger partial charge >= 0.3 is 0 Å². The van der Waals surface area contributed by atoms with E-state index in [1.165, 1.54) is 6.42 Å². The van der Waals surface area contributed by atoms with Crippen molar-refractivity contribution in [3.63, 3.8) is 0 Å². The molecule has 0 atom stereocenters. The van der Waals surface area contributed by atoms with Gasteiger partial charge in [0.15, 0.2) is 5.82 Å². The van der Waals surface area contributed by atoms with Gasteiger partial charge in [-0.1, -0.05) is 19.3 Å². The molecule has 1 aliphatic carbocycles. The Morgan fingerprint density at radius 3 is 2.55 bits per heavy atom. The second kappa shape index (κ2) is 11.6. The quantitative estimate of drug-likeness (QED) is 0.595.